The molecule has 0 bridgehead atoms. The Morgan fingerprint density at radius 3 is 2.41 bits per heavy atom. The molecule has 0 saturated heterocycles. The van der Waals surface area contributed by atoms with Gasteiger partial charge >= 0.3 is 6.18 Å². The Balaban J connectivity index is 2.05. The zero-order valence-electron chi connectivity index (χ0n) is 14.4. The number of allylic oxidation sites excluding steroid dienone is 1. The van der Waals surface area contributed by atoms with Crippen LogP contribution in [0.4, 0.5) is 23.2 Å². The number of phenolic OH excluding ortho intramolecular Hbond substituents is 2. The molecule has 2 aromatic carbocycles. The summed E-state index contributed by atoms with van der Waals surface area (Å²) in [5, 5.41) is 19.2. The Morgan fingerprint density at radius 1 is 1.10 bits per heavy atom. The molecule has 29 heavy (non-hydrogen) atoms. The van der Waals surface area contributed by atoms with Gasteiger partial charge in [-0.25, -0.2) is 4.39 Å². The van der Waals surface area contributed by atoms with Crippen molar-refractivity contribution in [1.29, 1.82) is 0 Å². The maximum Gasteiger partial charge on any atom is 0.416 e. The van der Waals surface area contributed by atoms with Crippen LogP contribution in [-0.2, 0) is 12.6 Å². The molecule has 0 aliphatic heterocycles. The molecule has 4 rings (SSSR count). The Morgan fingerprint density at radius 2 is 1.83 bits per heavy atom. The van der Waals surface area contributed by atoms with Crippen LogP contribution < -0.4 is 5.73 Å². The number of alkyl halides is 3. The lowest BCUT2D eigenvalue weighted by molar-refractivity contribution is -0.138. The molecule has 4 nitrogen and oxygen atoms in total. The average Bonchev–Trinajstić information content (AvgIpc) is 3.20. The van der Waals surface area contributed by atoms with E-state index in [9.17, 15) is 27.8 Å². The van der Waals surface area contributed by atoms with Crippen molar-refractivity contribution in [1.82, 2.24) is 0 Å². The summed E-state index contributed by atoms with van der Waals surface area (Å²) >= 11 is 5.86. The van der Waals surface area contributed by atoms with Gasteiger partial charge in [-0.1, -0.05) is 11.6 Å². The molecule has 9 heteroatoms. The fourth-order valence-electron chi connectivity index (χ4n) is 3.52. The van der Waals surface area contributed by atoms with Crippen molar-refractivity contribution < 1.29 is 32.2 Å². The highest BCUT2D eigenvalue weighted by Crippen LogP contribution is 2.50. The van der Waals surface area contributed by atoms with Gasteiger partial charge in [0, 0.05) is 18.1 Å². The summed E-state index contributed by atoms with van der Waals surface area (Å²) in [5.41, 5.74) is 5.61. The maximum atomic E-state index is 14.1. The number of furan rings is 1. The maximum absolute atomic E-state index is 14.1. The molecular formula is C20H12ClF4NO3. The summed E-state index contributed by atoms with van der Waals surface area (Å²) in [4.78, 5) is 0. The molecule has 1 heterocycles. The number of hydrogen-bond acceptors (Lipinski definition) is 4. The Kier molecular flexibility index (Phi) is 4.27. The topological polar surface area (TPSA) is 79.6 Å². The van der Waals surface area contributed by atoms with Crippen LogP contribution >= 0.6 is 11.6 Å². The minimum absolute atomic E-state index is 0.0681. The molecule has 1 aliphatic carbocycles. The van der Waals surface area contributed by atoms with Gasteiger partial charge in [0.25, 0.3) is 0 Å². The van der Waals surface area contributed by atoms with Crippen molar-refractivity contribution in [3.8, 4) is 11.5 Å². The molecule has 4 N–H and O–H groups in total. The van der Waals surface area contributed by atoms with E-state index in [-0.39, 0.29) is 50.7 Å². The minimum Gasteiger partial charge on any atom is -0.508 e. The van der Waals surface area contributed by atoms with Crippen molar-refractivity contribution >= 4 is 28.4 Å². The van der Waals surface area contributed by atoms with Crippen LogP contribution in [0.1, 0.15) is 28.0 Å². The number of nitrogens with two attached hydrogens (primary N) is 1. The standard InChI is InChI=1S/C20H12ClF4NO3/c21-14-3-8(4-15(22)18(14)28)10-7-11-12(17(10)19-16(26)1-2-29-19)5-9(27)6-13(11)20(23,24)25/h1-6,27-28H,7,26H2. The van der Waals surface area contributed by atoms with Gasteiger partial charge in [0.2, 0.25) is 0 Å². The zero-order chi connectivity index (χ0) is 21.1. The number of rotatable bonds is 2. The summed E-state index contributed by atoms with van der Waals surface area (Å²) < 4.78 is 60.2. The largest absolute Gasteiger partial charge is 0.508 e. The predicted octanol–water partition coefficient (Wildman–Crippen LogP) is 5.60. The van der Waals surface area contributed by atoms with Crippen molar-refractivity contribution in [2.45, 2.75) is 12.6 Å². The van der Waals surface area contributed by atoms with Gasteiger partial charge in [-0.2, -0.15) is 13.2 Å². The first-order valence-corrected chi connectivity index (χ1v) is 8.64. The predicted molar refractivity (Wildman–Crippen MR) is 98.9 cm³/mol. The van der Waals surface area contributed by atoms with Crippen molar-refractivity contribution in [3.63, 3.8) is 0 Å². The number of benzene rings is 2. The van der Waals surface area contributed by atoms with Crippen LogP contribution in [0, 0.1) is 5.82 Å². The molecular weight excluding hydrogens is 414 g/mol. The first-order chi connectivity index (χ1) is 13.6. The van der Waals surface area contributed by atoms with Gasteiger partial charge in [0.15, 0.2) is 17.3 Å². The normalized spacial score (nSPS) is 13.8. The van der Waals surface area contributed by atoms with E-state index in [4.69, 9.17) is 21.8 Å². The van der Waals surface area contributed by atoms with E-state index in [1.165, 1.54) is 24.5 Å². The van der Waals surface area contributed by atoms with Crippen molar-refractivity contribution in [2.75, 3.05) is 5.73 Å². The van der Waals surface area contributed by atoms with Gasteiger partial charge in [-0.05, 0) is 46.5 Å². The summed E-state index contributed by atoms with van der Waals surface area (Å²) in [7, 11) is 0. The van der Waals surface area contributed by atoms with E-state index in [1.807, 2.05) is 0 Å². The second-order valence-corrected chi connectivity index (χ2v) is 6.95. The first-order valence-electron chi connectivity index (χ1n) is 8.26. The highest BCUT2D eigenvalue weighted by atomic mass is 35.5. The van der Waals surface area contributed by atoms with E-state index >= 15 is 0 Å². The molecule has 0 fully saturated rings. The summed E-state index contributed by atoms with van der Waals surface area (Å²) in [6.45, 7) is 0. The lowest BCUT2D eigenvalue weighted by Crippen LogP contribution is -2.09. The van der Waals surface area contributed by atoms with Gasteiger partial charge in [0.05, 0.1) is 22.5 Å². The molecule has 0 spiro atoms. The van der Waals surface area contributed by atoms with Crippen LogP contribution in [0.5, 0.6) is 11.5 Å². The van der Waals surface area contributed by atoms with E-state index in [1.54, 1.807) is 0 Å². The van der Waals surface area contributed by atoms with Gasteiger partial charge in [0.1, 0.15) is 5.75 Å². The van der Waals surface area contributed by atoms with E-state index in [2.05, 4.69) is 0 Å². The number of fused-ring (bicyclic) bond motifs is 1. The Labute approximate surface area is 166 Å². The highest BCUT2D eigenvalue weighted by Gasteiger charge is 2.39. The van der Waals surface area contributed by atoms with Crippen molar-refractivity contribution in [2.24, 2.45) is 0 Å². The smallest absolute Gasteiger partial charge is 0.416 e. The SMILES string of the molecule is Nc1ccoc1C1=C(c2cc(F)c(O)c(Cl)c2)Cc2c1cc(O)cc2C(F)(F)F. The van der Waals surface area contributed by atoms with E-state index in [0.29, 0.717) is 6.07 Å². The van der Waals surface area contributed by atoms with Crippen molar-refractivity contribution in [3.05, 3.63) is 75.4 Å². The molecule has 0 amide bonds. The van der Waals surface area contributed by atoms with Crippen LogP contribution in [0.3, 0.4) is 0 Å². The second kappa shape index (κ2) is 6.45. The fourth-order valence-corrected chi connectivity index (χ4v) is 3.73. The molecule has 0 radical (unpaired) electrons. The van der Waals surface area contributed by atoms with Crippen LogP contribution in [0.2, 0.25) is 5.02 Å². The monoisotopic (exact) mass is 425 g/mol. The Hall–Kier alpha value is -3.13. The highest BCUT2D eigenvalue weighted by molar-refractivity contribution is 6.32. The lowest BCUT2D eigenvalue weighted by Gasteiger charge is -2.13. The number of hydrogen-bond donors (Lipinski definition) is 3. The van der Waals surface area contributed by atoms with Crippen LogP contribution in [0.25, 0.3) is 11.1 Å². The van der Waals surface area contributed by atoms with E-state index in [0.717, 1.165) is 6.07 Å². The summed E-state index contributed by atoms with van der Waals surface area (Å²) in [6, 6.07) is 5.44. The quantitative estimate of drug-likeness (QED) is 0.467. The number of nitrogen functional groups attached to an aromatic ring is 1. The lowest BCUT2D eigenvalue weighted by atomic mass is 9.97. The third-order valence-corrected chi connectivity index (χ3v) is 5.04. The number of phenols is 2. The van der Waals surface area contributed by atoms with Crippen LogP contribution in [0.15, 0.2) is 41.0 Å². The summed E-state index contributed by atoms with van der Waals surface area (Å²) in [5.74, 6) is -2.29. The number of aromatic hydroxyl groups is 2. The average molecular weight is 426 g/mol. The molecule has 150 valence electrons. The van der Waals surface area contributed by atoms with Gasteiger partial charge in [-0.15, -0.1) is 0 Å². The van der Waals surface area contributed by atoms with Gasteiger partial charge in [-0.3, -0.25) is 0 Å². The minimum atomic E-state index is -4.73. The molecule has 1 aliphatic rings. The summed E-state index contributed by atoms with van der Waals surface area (Å²) in [6.07, 6.45) is -3.69. The fraction of sp³-hybridized carbons (Fsp3) is 0.100. The molecule has 0 atom stereocenters. The second-order valence-electron chi connectivity index (χ2n) is 6.54. The number of halogens is 5. The molecule has 0 unspecified atom stereocenters. The molecule has 3 aromatic rings. The molecule has 1 aromatic heterocycles. The van der Waals surface area contributed by atoms with E-state index < -0.39 is 29.1 Å². The van der Waals surface area contributed by atoms with Crippen LogP contribution in [-0.4, -0.2) is 10.2 Å². The third kappa shape index (κ3) is 3.09. The first kappa shape index (κ1) is 19.2. The van der Waals surface area contributed by atoms with Gasteiger partial charge < -0.3 is 20.4 Å². The Bertz CT molecular complexity index is 1160. The zero-order valence-corrected chi connectivity index (χ0v) is 15.2. The third-order valence-electron chi connectivity index (χ3n) is 4.75. The number of anilines is 1. The molecule has 0 saturated carbocycles.